The van der Waals surface area contributed by atoms with Gasteiger partial charge in [0.05, 0.1) is 29.9 Å². The van der Waals surface area contributed by atoms with E-state index in [2.05, 4.69) is 14.8 Å². The third kappa shape index (κ3) is 8.21. The number of nitrogens with zero attached hydrogens (tertiary/aromatic N) is 4. The maximum Gasteiger partial charge on any atom is 0.423 e. The Bertz CT molecular complexity index is 1260. The van der Waals surface area contributed by atoms with Crippen LogP contribution < -0.4 is 4.74 Å². The number of hydrogen-bond acceptors (Lipinski definition) is 9. The highest BCUT2D eigenvalue weighted by Crippen LogP contribution is 2.27. The molecule has 0 aliphatic heterocycles. The maximum atomic E-state index is 13.3. The molecule has 206 valence electrons. The van der Waals surface area contributed by atoms with E-state index in [0.717, 1.165) is 4.57 Å². The van der Waals surface area contributed by atoms with Gasteiger partial charge in [0.15, 0.2) is 12.4 Å². The van der Waals surface area contributed by atoms with Crippen molar-refractivity contribution in [3.63, 3.8) is 0 Å². The van der Waals surface area contributed by atoms with Crippen molar-refractivity contribution in [1.29, 1.82) is 0 Å². The van der Waals surface area contributed by atoms with Crippen LogP contribution >= 0.6 is 0 Å². The van der Waals surface area contributed by atoms with Gasteiger partial charge in [-0.1, -0.05) is 18.6 Å². The third-order valence-corrected chi connectivity index (χ3v) is 6.51. The summed E-state index contributed by atoms with van der Waals surface area (Å²) in [6.07, 6.45) is -1.77. The second-order valence-electron chi connectivity index (χ2n) is 8.08. The van der Waals surface area contributed by atoms with Crippen LogP contribution in [0.1, 0.15) is 36.9 Å². The standard InChI is InChI=1S/C23H25F3N4O7S/c1-16-18(27-11-10-20(16)36-15-23(24,25)26)14-38(34)21-28-17-8-4-5-9-19(17)29(21)22(31)35-12-6-2-3-7-13-37-30(32)33/h4-5,8-11H,2-3,6-7,12-15H2,1H3. The molecular formula is C23H25F3N4O7S. The first-order chi connectivity index (χ1) is 18.1. The number of ether oxygens (including phenoxy) is 2. The molecule has 1 aromatic carbocycles. The van der Waals surface area contributed by atoms with Crippen LogP contribution in [0.3, 0.4) is 0 Å². The highest BCUT2D eigenvalue weighted by molar-refractivity contribution is 7.90. The molecule has 3 rings (SSSR count). The number of hydrogen-bond donors (Lipinski definition) is 0. The van der Waals surface area contributed by atoms with Crippen LogP contribution in [0.15, 0.2) is 41.7 Å². The van der Waals surface area contributed by atoms with Gasteiger partial charge in [0.2, 0.25) is 0 Å². The molecule has 38 heavy (non-hydrogen) atoms. The van der Waals surface area contributed by atoms with Crippen molar-refractivity contribution in [2.24, 2.45) is 0 Å². The zero-order valence-electron chi connectivity index (χ0n) is 20.3. The molecule has 2 heterocycles. The number of pyridine rings is 1. The van der Waals surface area contributed by atoms with Gasteiger partial charge in [-0.05, 0) is 44.4 Å². The van der Waals surface area contributed by atoms with Gasteiger partial charge in [-0.15, -0.1) is 10.1 Å². The number of halogens is 3. The van der Waals surface area contributed by atoms with Gasteiger partial charge in [0.25, 0.3) is 5.09 Å². The molecule has 15 heteroatoms. The Morgan fingerprint density at radius 3 is 2.55 bits per heavy atom. The molecule has 1 unspecified atom stereocenters. The van der Waals surface area contributed by atoms with E-state index in [1.54, 1.807) is 24.3 Å². The van der Waals surface area contributed by atoms with Crippen molar-refractivity contribution in [2.45, 2.75) is 49.7 Å². The maximum absolute atomic E-state index is 13.3. The quantitative estimate of drug-likeness (QED) is 0.126. The van der Waals surface area contributed by atoms with E-state index in [1.807, 2.05) is 0 Å². The molecule has 11 nitrogen and oxygen atoms in total. The number of benzene rings is 1. The Morgan fingerprint density at radius 1 is 1.13 bits per heavy atom. The number of imidazole rings is 1. The van der Waals surface area contributed by atoms with E-state index in [0.29, 0.717) is 42.3 Å². The van der Waals surface area contributed by atoms with Crippen molar-refractivity contribution < 1.29 is 41.9 Å². The van der Waals surface area contributed by atoms with E-state index < -0.39 is 35.1 Å². The summed E-state index contributed by atoms with van der Waals surface area (Å²) in [7, 11) is 0. The molecule has 0 aliphatic rings. The first kappa shape index (κ1) is 29.0. The van der Waals surface area contributed by atoms with Crippen LogP contribution in [0.5, 0.6) is 5.75 Å². The fraction of sp³-hybridized carbons (Fsp3) is 0.435. The summed E-state index contributed by atoms with van der Waals surface area (Å²) in [4.78, 5) is 35.8. The fourth-order valence-corrected chi connectivity index (χ4v) is 4.71. The van der Waals surface area contributed by atoms with Gasteiger partial charge in [-0.2, -0.15) is 22.7 Å². The summed E-state index contributed by atoms with van der Waals surface area (Å²) >= 11 is -1.91. The van der Waals surface area contributed by atoms with E-state index in [4.69, 9.17) is 9.47 Å². The summed E-state index contributed by atoms with van der Waals surface area (Å²) in [5, 5.41) is 9.19. The normalized spacial score (nSPS) is 12.3. The third-order valence-electron chi connectivity index (χ3n) is 5.30. The van der Waals surface area contributed by atoms with Crippen LogP contribution in [0, 0.1) is 17.0 Å². The highest BCUT2D eigenvalue weighted by atomic mass is 32.2. The second-order valence-corrected chi connectivity index (χ2v) is 9.42. The number of alkyl halides is 3. The van der Waals surface area contributed by atoms with Crippen LogP contribution in [0.4, 0.5) is 18.0 Å². The van der Waals surface area contributed by atoms with E-state index >= 15 is 0 Å². The lowest BCUT2D eigenvalue weighted by atomic mass is 10.2. The second kappa shape index (κ2) is 13.3. The zero-order valence-corrected chi connectivity index (χ0v) is 21.1. The number of carbonyl (C=O) groups is 1. The Labute approximate surface area is 218 Å². The number of unbranched alkanes of at least 4 members (excludes halogenated alkanes) is 3. The lowest BCUT2D eigenvalue weighted by molar-refractivity contribution is -0.757. The predicted octanol–water partition coefficient (Wildman–Crippen LogP) is 4.74. The minimum Gasteiger partial charge on any atom is -0.609 e. The molecular weight excluding hydrogens is 533 g/mol. The molecule has 0 saturated heterocycles. The van der Waals surface area contributed by atoms with Crippen molar-refractivity contribution in [3.8, 4) is 5.75 Å². The first-order valence-electron chi connectivity index (χ1n) is 11.5. The van der Waals surface area contributed by atoms with Crippen molar-refractivity contribution >= 4 is 28.3 Å². The molecule has 0 saturated carbocycles. The van der Waals surface area contributed by atoms with Crippen molar-refractivity contribution in [1.82, 2.24) is 14.5 Å². The molecule has 0 fully saturated rings. The summed E-state index contributed by atoms with van der Waals surface area (Å²) in [6.45, 7) is 0.0854. The zero-order chi connectivity index (χ0) is 27.7. The predicted molar refractivity (Wildman–Crippen MR) is 129 cm³/mol. The smallest absolute Gasteiger partial charge is 0.423 e. The molecule has 0 spiro atoms. The highest BCUT2D eigenvalue weighted by Gasteiger charge is 2.30. The van der Waals surface area contributed by atoms with Crippen LogP contribution in [0.2, 0.25) is 0 Å². The summed E-state index contributed by atoms with van der Waals surface area (Å²) in [5.74, 6) is -0.264. The molecule has 3 aromatic rings. The number of carbonyl (C=O) groups excluding carboxylic acids is 1. The van der Waals surface area contributed by atoms with Crippen molar-refractivity contribution in [3.05, 3.63) is 57.9 Å². The molecule has 2 aromatic heterocycles. The minimum atomic E-state index is -4.52. The number of rotatable bonds is 13. The Hall–Kier alpha value is -3.59. The van der Waals surface area contributed by atoms with E-state index in [1.165, 1.54) is 19.2 Å². The van der Waals surface area contributed by atoms with E-state index in [-0.39, 0.29) is 35.6 Å². The van der Waals surface area contributed by atoms with Gasteiger partial charge in [-0.3, -0.25) is 4.98 Å². The Kier molecular flexibility index (Phi) is 10.1. The topological polar surface area (TPSA) is 142 Å². The molecule has 0 amide bonds. The Morgan fingerprint density at radius 2 is 1.84 bits per heavy atom. The molecule has 0 bridgehead atoms. The van der Waals surface area contributed by atoms with Crippen LogP contribution in [-0.4, -0.2) is 56.3 Å². The van der Waals surface area contributed by atoms with Gasteiger partial charge < -0.3 is 18.9 Å². The molecule has 0 N–H and O–H groups in total. The monoisotopic (exact) mass is 558 g/mol. The number of para-hydroxylation sites is 2. The summed E-state index contributed by atoms with van der Waals surface area (Å²) in [5.41, 5.74) is 1.31. The van der Waals surface area contributed by atoms with Gasteiger partial charge in [0, 0.05) is 22.9 Å². The average Bonchev–Trinajstić information content (AvgIpc) is 3.25. The summed E-state index contributed by atoms with van der Waals surface area (Å²) in [6, 6.07) is 7.93. The Balaban J connectivity index is 1.69. The summed E-state index contributed by atoms with van der Waals surface area (Å²) < 4.78 is 62.3. The van der Waals surface area contributed by atoms with Gasteiger partial charge in [0.1, 0.15) is 5.75 Å². The first-order valence-corrected chi connectivity index (χ1v) is 12.8. The molecule has 0 radical (unpaired) electrons. The lowest BCUT2D eigenvalue weighted by Crippen LogP contribution is -2.22. The minimum absolute atomic E-state index is 0.00528. The lowest BCUT2D eigenvalue weighted by Gasteiger charge is -2.15. The van der Waals surface area contributed by atoms with E-state index in [9.17, 15) is 32.6 Å². The fourth-order valence-electron chi connectivity index (χ4n) is 3.46. The van der Waals surface area contributed by atoms with Crippen LogP contribution in [-0.2, 0) is 26.5 Å². The van der Waals surface area contributed by atoms with Crippen molar-refractivity contribution in [2.75, 3.05) is 19.8 Å². The van der Waals surface area contributed by atoms with Gasteiger partial charge in [-0.25, -0.2) is 4.79 Å². The number of aromatic nitrogens is 3. The number of fused-ring (bicyclic) bond motifs is 1. The van der Waals surface area contributed by atoms with Gasteiger partial charge >= 0.3 is 17.4 Å². The van der Waals surface area contributed by atoms with Crippen LogP contribution in [0.25, 0.3) is 11.0 Å². The molecule has 0 aliphatic carbocycles. The largest absolute Gasteiger partial charge is 0.609 e. The SMILES string of the molecule is Cc1c(OCC(F)(F)F)ccnc1C[S+]([O-])c1nc2ccccc2n1C(=O)OCCCCCCO[N+](=O)[O-]. The average molecular weight is 559 g/mol. The molecule has 1 atom stereocenters.